The van der Waals surface area contributed by atoms with Gasteiger partial charge in [0.25, 0.3) is 11.8 Å². The molecule has 0 radical (unpaired) electrons. The minimum absolute atomic E-state index is 0.00522. The molecule has 4 aromatic rings. The molecule has 282 valence electrons. The van der Waals surface area contributed by atoms with Gasteiger partial charge in [-0.3, -0.25) is 9.59 Å². The van der Waals surface area contributed by atoms with Gasteiger partial charge in [-0.25, -0.2) is 13.6 Å². The fourth-order valence-electron chi connectivity index (χ4n) is 5.65. The van der Waals surface area contributed by atoms with Crippen LogP contribution in [0.15, 0.2) is 91.0 Å². The third-order valence-electron chi connectivity index (χ3n) is 8.33. The van der Waals surface area contributed by atoms with E-state index in [1.54, 1.807) is 45.0 Å². The molecular formula is C41H47F2N3O7. The second kappa shape index (κ2) is 17.9. The van der Waals surface area contributed by atoms with Crippen LogP contribution < -0.4 is 15.4 Å². The summed E-state index contributed by atoms with van der Waals surface area (Å²) in [5, 5.41) is 27.8. The average Bonchev–Trinajstić information content (AvgIpc) is 3.10. The molecule has 0 saturated heterocycles. The quantitative estimate of drug-likeness (QED) is 0.114. The van der Waals surface area contributed by atoms with Crippen LogP contribution in [0.1, 0.15) is 89.7 Å². The number of ether oxygens (including phenoxy) is 2. The zero-order valence-corrected chi connectivity index (χ0v) is 30.7. The van der Waals surface area contributed by atoms with Crippen molar-refractivity contribution >= 4 is 17.9 Å². The van der Waals surface area contributed by atoms with Crippen LogP contribution in [0.4, 0.5) is 13.6 Å². The number of methoxy groups -OCH3 is 1. The Morgan fingerprint density at radius 3 is 1.98 bits per heavy atom. The molecule has 12 heteroatoms. The minimum atomic E-state index is -1.49. The van der Waals surface area contributed by atoms with Crippen molar-refractivity contribution in [2.45, 2.75) is 77.5 Å². The first-order valence-electron chi connectivity index (χ1n) is 17.2. The summed E-state index contributed by atoms with van der Waals surface area (Å²) in [6.45, 7) is 8.04. The molecule has 0 aliphatic heterocycles. The maximum absolute atomic E-state index is 14.3. The Balaban J connectivity index is 1.66. The zero-order valence-electron chi connectivity index (χ0n) is 30.7. The predicted molar refractivity (Wildman–Crippen MR) is 196 cm³/mol. The zero-order chi connectivity index (χ0) is 38.9. The molecule has 0 heterocycles. The minimum Gasteiger partial charge on any atom is -0.497 e. The Bertz CT molecular complexity index is 1860. The van der Waals surface area contributed by atoms with Crippen molar-refractivity contribution in [3.8, 4) is 5.75 Å². The van der Waals surface area contributed by atoms with Crippen molar-refractivity contribution in [1.29, 1.82) is 0 Å². The molecule has 4 atom stereocenters. The fourth-order valence-corrected chi connectivity index (χ4v) is 5.65. The number of hydrogen-bond donors (Lipinski definition) is 4. The van der Waals surface area contributed by atoms with Gasteiger partial charge >= 0.3 is 6.09 Å². The van der Waals surface area contributed by atoms with E-state index in [1.165, 1.54) is 37.1 Å². The summed E-state index contributed by atoms with van der Waals surface area (Å²) < 4.78 is 39.5. The van der Waals surface area contributed by atoms with Crippen molar-refractivity contribution in [3.05, 3.63) is 136 Å². The Hall–Kier alpha value is -5.33. The molecule has 3 amide bonds. The van der Waals surface area contributed by atoms with Crippen molar-refractivity contribution in [2.24, 2.45) is 0 Å². The molecule has 1 unspecified atom stereocenters. The van der Waals surface area contributed by atoms with E-state index >= 15 is 0 Å². The number of amides is 3. The summed E-state index contributed by atoms with van der Waals surface area (Å²) in [7, 11) is 1.51. The third-order valence-corrected chi connectivity index (χ3v) is 8.33. The summed E-state index contributed by atoms with van der Waals surface area (Å²) in [5.74, 6) is -2.38. The van der Waals surface area contributed by atoms with Gasteiger partial charge in [-0.2, -0.15) is 0 Å². The number of carbonyl (C=O) groups excluding carboxylic acids is 3. The summed E-state index contributed by atoms with van der Waals surface area (Å²) in [5.41, 5.74) is 1.17. The lowest BCUT2D eigenvalue weighted by Crippen LogP contribution is -2.51. The van der Waals surface area contributed by atoms with Gasteiger partial charge in [-0.15, -0.1) is 0 Å². The molecule has 0 saturated carbocycles. The SMILES string of the molecule is COc1cccc(CN(C[C@@H](O)[C@H](Cc2cc(F)cc(F)c2)NC(=O)c2cc(C(=O)N[C@H](C)c3ccccc3)cc(C(C)O)c2)C(=O)OC(C)(C)C)c1. The Kier molecular flexibility index (Phi) is 13.7. The Morgan fingerprint density at radius 2 is 1.40 bits per heavy atom. The van der Waals surface area contributed by atoms with E-state index in [1.807, 2.05) is 37.3 Å². The van der Waals surface area contributed by atoms with Gasteiger partial charge in [0, 0.05) is 23.7 Å². The second-order valence-corrected chi connectivity index (χ2v) is 14.0. The van der Waals surface area contributed by atoms with Crippen LogP contribution in [0.3, 0.4) is 0 Å². The number of halogens is 2. The number of nitrogens with zero attached hydrogens (tertiary/aromatic N) is 1. The van der Waals surface area contributed by atoms with E-state index in [2.05, 4.69) is 10.6 Å². The van der Waals surface area contributed by atoms with E-state index < -0.39 is 53.4 Å². The Labute approximate surface area is 308 Å². The monoisotopic (exact) mass is 731 g/mol. The molecule has 4 N–H and O–H groups in total. The van der Waals surface area contributed by atoms with Crippen LogP contribution in [0.25, 0.3) is 0 Å². The van der Waals surface area contributed by atoms with Gasteiger partial charge < -0.3 is 35.2 Å². The van der Waals surface area contributed by atoms with E-state index in [4.69, 9.17) is 9.47 Å². The summed E-state index contributed by atoms with van der Waals surface area (Å²) in [6.07, 6.45) is -3.51. The molecular weight excluding hydrogens is 684 g/mol. The van der Waals surface area contributed by atoms with Crippen molar-refractivity contribution in [1.82, 2.24) is 15.5 Å². The molecule has 0 aliphatic rings. The highest BCUT2D eigenvalue weighted by Crippen LogP contribution is 2.22. The first-order valence-corrected chi connectivity index (χ1v) is 17.2. The molecule has 53 heavy (non-hydrogen) atoms. The van der Waals surface area contributed by atoms with Crippen molar-refractivity contribution in [2.75, 3.05) is 13.7 Å². The first-order chi connectivity index (χ1) is 25.0. The van der Waals surface area contributed by atoms with Gasteiger partial charge in [0.2, 0.25) is 0 Å². The summed E-state index contributed by atoms with van der Waals surface area (Å²) >= 11 is 0. The second-order valence-electron chi connectivity index (χ2n) is 14.0. The lowest BCUT2D eigenvalue weighted by Gasteiger charge is -2.32. The van der Waals surface area contributed by atoms with Gasteiger partial charge in [-0.1, -0.05) is 42.5 Å². The van der Waals surface area contributed by atoms with Crippen LogP contribution >= 0.6 is 0 Å². The standard InChI is InChI=1S/C41H47F2N3O7/c1-25(29-12-8-7-9-13-29)44-38(49)31-19-30(26(2)47)20-32(21-31)39(50)45-36(18-28-15-33(42)22-34(43)16-28)37(48)24-46(40(51)53-41(3,4)5)23-27-11-10-14-35(17-27)52-6/h7-17,19-22,25-26,36-37,47-48H,18,23-24H2,1-6H3,(H,44,49)(H,45,50)/t25-,26?,36+,37-/m1/s1. The molecule has 0 bridgehead atoms. The maximum atomic E-state index is 14.3. The molecule has 0 aromatic heterocycles. The smallest absolute Gasteiger partial charge is 0.410 e. The van der Waals surface area contributed by atoms with Crippen molar-refractivity contribution in [3.63, 3.8) is 0 Å². The highest BCUT2D eigenvalue weighted by atomic mass is 19.1. The fraction of sp³-hybridized carbons (Fsp3) is 0.341. The van der Waals surface area contributed by atoms with Gasteiger partial charge in [0.15, 0.2) is 0 Å². The number of hydrogen-bond acceptors (Lipinski definition) is 7. The van der Waals surface area contributed by atoms with Crippen LogP contribution in [0.2, 0.25) is 0 Å². The topological polar surface area (TPSA) is 137 Å². The Morgan fingerprint density at radius 1 is 0.774 bits per heavy atom. The number of benzene rings is 4. The molecule has 4 rings (SSSR count). The van der Waals surface area contributed by atoms with Crippen LogP contribution in [-0.2, 0) is 17.7 Å². The van der Waals surface area contributed by atoms with Crippen molar-refractivity contribution < 1.29 is 42.9 Å². The number of rotatable bonds is 14. The molecule has 10 nitrogen and oxygen atoms in total. The van der Waals surface area contributed by atoms with E-state index in [9.17, 15) is 33.4 Å². The number of aliphatic hydroxyl groups is 2. The van der Waals surface area contributed by atoms with Gasteiger partial charge in [-0.05, 0) is 106 Å². The highest BCUT2D eigenvalue weighted by molar-refractivity contribution is 6.00. The summed E-state index contributed by atoms with van der Waals surface area (Å²) in [6, 6.07) is 21.8. The summed E-state index contributed by atoms with van der Waals surface area (Å²) in [4.78, 5) is 42.1. The van der Waals surface area contributed by atoms with Crippen LogP contribution in [0, 0.1) is 11.6 Å². The first kappa shape index (κ1) is 40.4. The molecule has 4 aromatic carbocycles. The lowest BCUT2D eigenvalue weighted by molar-refractivity contribution is 0.00836. The van der Waals surface area contributed by atoms with Crippen LogP contribution in [0.5, 0.6) is 5.75 Å². The van der Waals surface area contributed by atoms with E-state index in [0.29, 0.717) is 17.4 Å². The van der Waals surface area contributed by atoms with Gasteiger partial charge in [0.05, 0.1) is 37.9 Å². The molecule has 0 fully saturated rings. The van der Waals surface area contributed by atoms with E-state index in [-0.39, 0.29) is 47.8 Å². The highest BCUT2D eigenvalue weighted by Gasteiger charge is 2.30. The third kappa shape index (κ3) is 12.1. The molecule has 0 spiro atoms. The van der Waals surface area contributed by atoms with Gasteiger partial charge in [0.1, 0.15) is 23.0 Å². The lowest BCUT2D eigenvalue weighted by atomic mass is 9.98. The maximum Gasteiger partial charge on any atom is 0.410 e. The number of nitrogens with one attached hydrogen (secondary N) is 2. The number of aliphatic hydroxyl groups excluding tert-OH is 2. The predicted octanol–water partition coefficient (Wildman–Crippen LogP) is 6.66. The number of carbonyl (C=O) groups is 3. The largest absolute Gasteiger partial charge is 0.497 e. The molecule has 0 aliphatic carbocycles. The van der Waals surface area contributed by atoms with E-state index in [0.717, 1.165) is 17.7 Å². The average molecular weight is 732 g/mol. The normalized spacial score (nSPS) is 13.6. The van der Waals surface area contributed by atoms with Crippen LogP contribution in [-0.4, -0.2) is 64.4 Å².